The van der Waals surface area contributed by atoms with Gasteiger partial charge < -0.3 is 5.32 Å². The largest absolute Gasteiger partial charge is 0.310 e. The topological polar surface area (TPSA) is 12.0 Å². The lowest BCUT2D eigenvalue weighted by atomic mass is 9.99. The maximum absolute atomic E-state index is 6.31. The minimum Gasteiger partial charge on any atom is -0.310 e. The average molecular weight is 499 g/mol. The monoisotopic (exact) mass is 497 g/mol. The molecule has 0 heterocycles. The molecule has 2 rings (SSSR count). The van der Waals surface area contributed by atoms with Crippen LogP contribution in [-0.2, 0) is 6.42 Å². The molecule has 1 unspecified atom stereocenters. The van der Waals surface area contributed by atoms with E-state index in [9.17, 15) is 0 Å². The van der Waals surface area contributed by atoms with E-state index in [-0.39, 0.29) is 6.04 Å². The Morgan fingerprint density at radius 3 is 2.62 bits per heavy atom. The third kappa shape index (κ3) is 4.83. The molecule has 21 heavy (non-hydrogen) atoms. The van der Waals surface area contributed by atoms with Crippen LogP contribution in [0, 0.1) is 3.57 Å². The summed E-state index contributed by atoms with van der Waals surface area (Å²) >= 11 is 18.3. The predicted octanol–water partition coefficient (Wildman–Crippen LogP) is 6.25. The number of likely N-dealkylation sites (N-methyl/N-ethyl adjacent to an activating group) is 1. The van der Waals surface area contributed by atoms with E-state index in [4.69, 9.17) is 23.2 Å². The number of hydrogen-bond donors (Lipinski definition) is 1. The highest BCUT2D eigenvalue weighted by Gasteiger charge is 2.16. The molecule has 112 valence electrons. The van der Waals surface area contributed by atoms with Crippen molar-refractivity contribution < 1.29 is 0 Å². The van der Waals surface area contributed by atoms with E-state index in [1.54, 1.807) is 6.07 Å². The maximum atomic E-state index is 6.31. The van der Waals surface area contributed by atoms with Gasteiger partial charge in [-0.05, 0) is 77.0 Å². The Balaban J connectivity index is 2.32. The van der Waals surface area contributed by atoms with Crippen molar-refractivity contribution in [1.29, 1.82) is 0 Å². The number of nitrogens with one attached hydrogen (secondary N) is 1. The Morgan fingerprint density at radius 1 is 1.19 bits per heavy atom. The standard InChI is InChI=1S/C16H15BrCl2IN/c1-2-21-16(13-9-12(20)5-6-14(13)17)7-10-3-4-11(18)8-15(10)19/h3-6,8-9,16,21H,2,7H2,1H3. The van der Waals surface area contributed by atoms with Crippen LogP contribution in [0.25, 0.3) is 0 Å². The van der Waals surface area contributed by atoms with Crippen LogP contribution in [0.4, 0.5) is 0 Å². The van der Waals surface area contributed by atoms with Crippen molar-refractivity contribution in [3.63, 3.8) is 0 Å². The summed E-state index contributed by atoms with van der Waals surface area (Å²) in [6.07, 6.45) is 0.822. The summed E-state index contributed by atoms with van der Waals surface area (Å²) in [4.78, 5) is 0. The van der Waals surface area contributed by atoms with Gasteiger partial charge in [-0.2, -0.15) is 0 Å². The molecule has 0 radical (unpaired) electrons. The van der Waals surface area contributed by atoms with Crippen LogP contribution in [0.2, 0.25) is 10.0 Å². The Morgan fingerprint density at radius 2 is 1.95 bits per heavy atom. The van der Waals surface area contributed by atoms with Crippen molar-refractivity contribution in [2.75, 3.05) is 6.54 Å². The van der Waals surface area contributed by atoms with Gasteiger partial charge in [0.2, 0.25) is 0 Å². The summed E-state index contributed by atoms with van der Waals surface area (Å²) in [6, 6.07) is 12.3. The average Bonchev–Trinajstić information content (AvgIpc) is 2.44. The molecule has 1 nitrogen and oxygen atoms in total. The fraction of sp³-hybridized carbons (Fsp3) is 0.250. The van der Waals surface area contributed by atoms with E-state index < -0.39 is 0 Å². The lowest BCUT2D eigenvalue weighted by Gasteiger charge is -2.21. The second-order valence-electron chi connectivity index (χ2n) is 4.72. The van der Waals surface area contributed by atoms with Crippen molar-refractivity contribution in [3.8, 4) is 0 Å². The Hall–Kier alpha value is 0.190. The van der Waals surface area contributed by atoms with Gasteiger partial charge in [0.05, 0.1) is 0 Å². The van der Waals surface area contributed by atoms with Crippen molar-refractivity contribution in [3.05, 3.63) is 65.6 Å². The SMILES string of the molecule is CCNC(Cc1ccc(Cl)cc1Cl)c1cc(I)ccc1Br. The third-order valence-electron chi connectivity index (χ3n) is 3.22. The lowest BCUT2D eigenvalue weighted by molar-refractivity contribution is 0.548. The number of halogens is 4. The van der Waals surface area contributed by atoms with Gasteiger partial charge in [0.1, 0.15) is 0 Å². The summed E-state index contributed by atoms with van der Waals surface area (Å²) in [5.41, 5.74) is 2.34. The highest BCUT2D eigenvalue weighted by atomic mass is 127. The van der Waals surface area contributed by atoms with Crippen LogP contribution in [0.3, 0.4) is 0 Å². The van der Waals surface area contributed by atoms with E-state index in [0.29, 0.717) is 10.0 Å². The quantitative estimate of drug-likeness (QED) is 0.480. The molecule has 0 aliphatic carbocycles. The molecule has 0 fully saturated rings. The molecular weight excluding hydrogens is 484 g/mol. The summed E-state index contributed by atoms with van der Waals surface area (Å²) < 4.78 is 2.33. The van der Waals surface area contributed by atoms with E-state index >= 15 is 0 Å². The Labute approximate surface area is 157 Å². The molecule has 5 heteroatoms. The van der Waals surface area contributed by atoms with Gasteiger partial charge >= 0.3 is 0 Å². The number of hydrogen-bond acceptors (Lipinski definition) is 1. The predicted molar refractivity (Wildman–Crippen MR) is 103 cm³/mol. The molecule has 0 spiro atoms. The van der Waals surface area contributed by atoms with Gasteiger partial charge in [0.15, 0.2) is 0 Å². The summed E-state index contributed by atoms with van der Waals surface area (Å²) in [5, 5.41) is 4.91. The zero-order valence-electron chi connectivity index (χ0n) is 11.5. The second-order valence-corrected chi connectivity index (χ2v) is 7.66. The van der Waals surface area contributed by atoms with E-state index in [2.05, 4.69) is 69.0 Å². The van der Waals surface area contributed by atoms with Gasteiger partial charge in [-0.15, -0.1) is 0 Å². The lowest BCUT2D eigenvalue weighted by Crippen LogP contribution is -2.23. The molecular formula is C16H15BrCl2IN. The van der Waals surface area contributed by atoms with Crippen molar-refractivity contribution >= 4 is 61.7 Å². The zero-order valence-corrected chi connectivity index (χ0v) is 16.7. The van der Waals surface area contributed by atoms with Crippen molar-refractivity contribution in [1.82, 2.24) is 5.32 Å². The van der Waals surface area contributed by atoms with Crippen molar-refractivity contribution in [2.24, 2.45) is 0 Å². The van der Waals surface area contributed by atoms with Crippen LogP contribution in [0.5, 0.6) is 0 Å². The van der Waals surface area contributed by atoms with Gasteiger partial charge in [-0.25, -0.2) is 0 Å². The van der Waals surface area contributed by atoms with E-state index in [0.717, 1.165) is 23.0 Å². The minimum atomic E-state index is 0.206. The highest BCUT2D eigenvalue weighted by Crippen LogP contribution is 2.30. The maximum Gasteiger partial charge on any atom is 0.0453 e. The first-order chi connectivity index (χ1) is 10.0. The Kier molecular flexibility index (Phi) is 6.81. The Bertz CT molecular complexity index is 634. The van der Waals surface area contributed by atoms with Crippen LogP contribution < -0.4 is 5.32 Å². The second kappa shape index (κ2) is 8.16. The summed E-state index contributed by atoms with van der Waals surface area (Å²) in [6.45, 7) is 3.01. The smallest absolute Gasteiger partial charge is 0.0453 e. The van der Waals surface area contributed by atoms with Crippen LogP contribution in [0.1, 0.15) is 24.1 Å². The molecule has 1 N–H and O–H groups in total. The van der Waals surface area contributed by atoms with Crippen LogP contribution >= 0.6 is 61.7 Å². The normalized spacial score (nSPS) is 12.4. The van der Waals surface area contributed by atoms with Gasteiger partial charge in [0, 0.05) is 24.1 Å². The minimum absolute atomic E-state index is 0.206. The summed E-state index contributed by atoms with van der Waals surface area (Å²) in [5.74, 6) is 0. The van der Waals surface area contributed by atoms with Crippen molar-refractivity contribution in [2.45, 2.75) is 19.4 Å². The fourth-order valence-electron chi connectivity index (χ4n) is 2.23. The van der Waals surface area contributed by atoms with Gasteiger partial charge in [0.25, 0.3) is 0 Å². The molecule has 2 aromatic rings. The van der Waals surface area contributed by atoms with E-state index in [1.807, 2.05) is 12.1 Å². The third-order valence-corrected chi connectivity index (χ3v) is 5.20. The first-order valence-electron chi connectivity index (χ1n) is 6.63. The fourth-order valence-corrected chi connectivity index (χ4v) is 3.75. The molecule has 0 saturated heterocycles. The van der Waals surface area contributed by atoms with Gasteiger partial charge in [-0.1, -0.05) is 52.1 Å². The molecule has 1 atom stereocenters. The molecule has 0 aromatic heterocycles. The highest BCUT2D eigenvalue weighted by molar-refractivity contribution is 14.1. The van der Waals surface area contributed by atoms with Gasteiger partial charge in [-0.3, -0.25) is 0 Å². The molecule has 0 saturated carbocycles. The van der Waals surface area contributed by atoms with Crippen LogP contribution in [0.15, 0.2) is 40.9 Å². The summed E-state index contributed by atoms with van der Waals surface area (Å²) in [7, 11) is 0. The molecule has 0 bridgehead atoms. The molecule has 0 aliphatic heterocycles. The van der Waals surface area contributed by atoms with E-state index in [1.165, 1.54) is 9.13 Å². The first kappa shape index (κ1) is 17.5. The van der Waals surface area contributed by atoms with Crippen LogP contribution in [-0.4, -0.2) is 6.54 Å². The molecule has 0 aliphatic rings. The number of rotatable bonds is 5. The molecule has 0 amide bonds. The zero-order chi connectivity index (χ0) is 15.4. The number of benzene rings is 2. The first-order valence-corrected chi connectivity index (χ1v) is 9.26. The molecule has 2 aromatic carbocycles.